The van der Waals surface area contributed by atoms with Gasteiger partial charge in [-0.05, 0) is 24.3 Å². The average Bonchev–Trinajstić information content (AvgIpc) is 3.52. The number of rotatable bonds is 4. The number of aromatic nitrogens is 2. The lowest BCUT2D eigenvalue weighted by molar-refractivity contribution is 0.379. The highest BCUT2D eigenvalue weighted by Gasteiger charge is 2.20. The third kappa shape index (κ3) is 3.83. The molecule has 0 aliphatic carbocycles. The maximum absolute atomic E-state index is 6.22. The predicted octanol–water partition coefficient (Wildman–Crippen LogP) is 3.65. The van der Waals surface area contributed by atoms with Crippen LogP contribution in [0.5, 0.6) is 0 Å². The number of fused-ring (bicyclic) bond motifs is 1. The predicted molar refractivity (Wildman–Crippen MR) is 119 cm³/mol. The number of aliphatic imine (C=N–C) groups is 1. The Balaban J connectivity index is 1.21. The molecule has 0 spiro atoms. The summed E-state index contributed by atoms with van der Waals surface area (Å²) in [6, 6.07) is 12.0. The molecule has 5 rings (SSSR count). The van der Waals surface area contributed by atoms with Gasteiger partial charge in [0.15, 0.2) is 21.9 Å². The van der Waals surface area contributed by atoms with E-state index in [1.54, 1.807) is 22.7 Å². The summed E-state index contributed by atoms with van der Waals surface area (Å²) in [7, 11) is 0. The van der Waals surface area contributed by atoms with Gasteiger partial charge in [-0.1, -0.05) is 12.1 Å². The second kappa shape index (κ2) is 7.84. The number of piperazine rings is 1. The van der Waals surface area contributed by atoms with Crippen LogP contribution in [0.3, 0.4) is 0 Å². The van der Waals surface area contributed by atoms with Crippen LogP contribution < -0.4 is 10.6 Å². The van der Waals surface area contributed by atoms with Gasteiger partial charge in [-0.3, -0.25) is 0 Å². The Morgan fingerprint density at radius 2 is 2.00 bits per heavy atom. The summed E-state index contributed by atoms with van der Waals surface area (Å²) < 4.78 is 7.11. The topological polar surface area (TPSA) is 83.8 Å². The Morgan fingerprint density at radius 1 is 1.14 bits per heavy atom. The standard InChI is InChI=1S/C20H20N6OS2/c21-19(25-8-10-26(11-9-25)20-22-7-12-28-20)23-13-14-5-6-16(27-14)18-24-15-3-1-2-4-17(15)29-18/h1-7,12H,8-11,13H2,(H2,21,23). The Labute approximate surface area is 176 Å². The Bertz CT molecular complexity index is 1090. The van der Waals surface area contributed by atoms with E-state index in [1.165, 1.54) is 0 Å². The molecule has 9 heteroatoms. The maximum Gasteiger partial charge on any atom is 0.191 e. The van der Waals surface area contributed by atoms with Gasteiger partial charge in [0.1, 0.15) is 12.3 Å². The number of anilines is 1. The minimum atomic E-state index is 0.420. The van der Waals surface area contributed by atoms with Gasteiger partial charge in [-0.25, -0.2) is 15.0 Å². The molecule has 4 aromatic rings. The van der Waals surface area contributed by atoms with Crippen molar-refractivity contribution in [1.29, 1.82) is 0 Å². The Hall–Kier alpha value is -2.91. The quantitative estimate of drug-likeness (QED) is 0.398. The number of furan rings is 1. The smallest absolute Gasteiger partial charge is 0.191 e. The largest absolute Gasteiger partial charge is 0.457 e. The van der Waals surface area contributed by atoms with Gasteiger partial charge >= 0.3 is 0 Å². The SMILES string of the molecule is NC(=NCc1ccc(-c2nc3ccccc3s2)o1)N1CCN(c2nccs2)CC1. The normalized spacial score (nSPS) is 15.4. The van der Waals surface area contributed by atoms with E-state index in [-0.39, 0.29) is 0 Å². The van der Waals surface area contributed by atoms with Gasteiger partial charge in [0, 0.05) is 37.8 Å². The van der Waals surface area contributed by atoms with E-state index in [9.17, 15) is 0 Å². The van der Waals surface area contributed by atoms with Crippen molar-refractivity contribution in [2.75, 3.05) is 31.1 Å². The molecule has 4 heterocycles. The van der Waals surface area contributed by atoms with Crippen LogP contribution in [-0.2, 0) is 6.54 Å². The zero-order valence-corrected chi connectivity index (χ0v) is 17.3. The van der Waals surface area contributed by atoms with Gasteiger partial charge < -0.3 is 20.0 Å². The average molecular weight is 425 g/mol. The Morgan fingerprint density at radius 3 is 2.79 bits per heavy atom. The van der Waals surface area contributed by atoms with Gasteiger partial charge in [0.25, 0.3) is 0 Å². The van der Waals surface area contributed by atoms with Crippen molar-refractivity contribution in [3.8, 4) is 10.8 Å². The first kappa shape index (κ1) is 18.1. The number of para-hydroxylation sites is 1. The zero-order valence-electron chi connectivity index (χ0n) is 15.7. The molecule has 1 aliphatic rings. The first-order valence-corrected chi connectivity index (χ1v) is 11.1. The van der Waals surface area contributed by atoms with Crippen LogP contribution >= 0.6 is 22.7 Å². The summed E-state index contributed by atoms with van der Waals surface area (Å²) >= 11 is 3.29. The number of hydrogen-bond acceptors (Lipinski definition) is 7. The number of hydrogen-bond donors (Lipinski definition) is 1. The number of guanidine groups is 1. The van der Waals surface area contributed by atoms with E-state index in [1.807, 2.05) is 41.9 Å². The van der Waals surface area contributed by atoms with E-state index in [4.69, 9.17) is 10.2 Å². The number of benzene rings is 1. The summed E-state index contributed by atoms with van der Waals surface area (Å²) in [6.45, 7) is 3.88. The summed E-state index contributed by atoms with van der Waals surface area (Å²) in [4.78, 5) is 17.9. The lowest BCUT2D eigenvalue weighted by Crippen LogP contribution is -2.51. The fourth-order valence-electron chi connectivity index (χ4n) is 3.31. The van der Waals surface area contributed by atoms with E-state index < -0.39 is 0 Å². The zero-order chi connectivity index (χ0) is 19.6. The fraction of sp³-hybridized carbons (Fsp3) is 0.250. The lowest BCUT2D eigenvalue weighted by atomic mass is 10.3. The molecule has 0 atom stereocenters. The molecule has 1 saturated heterocycles. The molecule has 0 amide bonds. The summed E-state index contributed by atoms with van der Waals surface area (Å²) in [6.07, 6.45) is 1.84. The molecule has 0 bridgehead atoms. The molecule has 29 heavy (non-hydrogen) atoms. The van der Waals surface area contributed by atoms with Gasteiger partial charge in [0.2, 0.25) is 0 Å². The third-order valence-corrected chi connectivity index (χ3v) is 6.74. The summed E-state index contributed by atoms with van der Waals surface area (Å²) in [5.41, 5.74) is 7.21. The first-order chi connectivity index (χ1) is 14.3. The summed E-state index contributed by atoms with van der Waals surface area (Å²) in [5.74, 6) is 2.11. The molecule has 0 unspecified atom stereocenters. The molecule has 0 radical (unpaired) electrons. The van der Waals surface area contributed by atoms with Crippen LogP contribution in [0, 0.1) is 0 Å². The van der Waals surface area contributed by atoms with Crippen LogP contribution in [0.1, 0.15) is 5.76 Å². The van der Waals surface area contributed by atoms with Gasteiger partial charge in [0.05, 0.1) is 10.2 Å². The molecule has 2 N–H and O–H groups in total. The van der Waals surface area contributed by atoms with Gasteiger partial charge in [-0.15, -0.1) is 22.7 Å². The van der Waals surface area contributed by atoms with Crippen molar-refractivity contribution in [3.05, 3.63) is 53.7 Å². The molecule has 1 fully saturated rings. The van der Waals surface area contributed by atoms with Crippen LogP contribution in [0.15, 0.2) is 57.4 Å². The molecule has 1 aromatic carbocycles. The summed E-state index contributed by atoms with van der Waals surface area (Å²) in [5, 5.41) is 3.95. The van der Waals surface area contributed by atoms with Crippen LogP contribution in [0.2, 0.25) is 0 Å². The fourth-order valence-corrected chi connectivity index (χ4v) is 4.94. The molecular weight excluding hydrogens is 404 g/mol. The van der Waals surface area contributed by atoms with Crippen molar-refractivity contribution < 1.29 is 4.42 Å². The maximum atomic E-state index is 6.22. The highest BCUT2D eigenvalue weighted by molar-refractivity contribution is 7.21. The highest BCUT2D eigenvalue weighted by Crippen LogP contribution is 2.31. The molecular formula is C20H20N6OS2. The van der Waals surface area contributed by atoms with E-state index >= 15 is 0 Å². The molecule has 0 saturated carbocycles. The molecule has 7 nitrogen and oxygen atoms in total. The minimum absolute atomic E-state index is 0.420. The Kier molecular flexibility index (Phi) is 4.91. The van der Waals surface area contributed by atoms with Crippen molar-refractivity contribution in [3.63, 3.8) is 0 Å². The number of nitrogens with two attached hydrogens (primary N) is 1. The van der Waals surface area contributed by atoms with E-state index in [0.717, 1.165) is 58.1 Å². The van der Waals surface area contributed by atoms with Crippen molar-refractivity contribution in [2.45, 2.75) is 6.54 Å². The monoisotopic (exact) mass is 424 g/mol. The molecule has 3 aromatic heterocycles. The first-order valence-electron chi connectivity index (χ1n) is 9.40. The van der Waals surface area contributed by atoms with E-state index in [0.29, 0.717) is 12.5 Å². The van der Waals surface area contributed by atoms with Crippen LogP contribution in [-0.4, -0.2) is 47.0 Å². The van der Waals surface area contributed by atoms with E-state index in [2.05, 4.69) is 30.8 Å². The number of thiazole rings is 2. The second-order valence-electron chi connectivity index (χ2n) is 6.72. The van der Waals surface area contributed by atoms with Crippen molar-refractivity contribution in [2.24, 2.45) is 10.7 Å². The highest BCUT2D eigenvalue weighted by atomic mass is 32.1. The van der Waals surface area contributed by atoms with Crippen LogP contribution in [0.4, 0.5) is 5.13 Å². The minimum Gasteiger partial charge on any atom is -0.457 e. The second-order valence-corrected chi connectivity index (χ2v) is 8.62. The van der Waals surface area contributed by atoms with Gasteiger partial charge in [-0.2, -0.15) is 0 Å². The van der Waals surface area contributed by atoms with Crippen molar-refractivity contribution >= 4 is 44.0 Å². The third-order valence-electron chi connectivity index (χ3n) is 4.86. The molecule has 148 valence electrons. The van der Waals surface area contributed by atoms with Crippen molar-refractivity contribution in [1.82, 2.24) is 14.9 Å². The molecule has 1 aliphatic heterocycles. The van der Waals surface area contributed by atoms with Crippen LogP contribution in [0.25, 0.3) is 21.0 Å². The lowest BCUT2D eigenvalue weighted by Gasteiger charge is -2.35. The number of nitrogens with zero attached hydrogens (tertiary/aromatic N) is 5.